The van der Waals surface area contributed by atoms with Gasteiger partial charge < -0.3 is 5.11 Å². The Bertz CT molecular complexity index is 253. The predicted octanol–water partition coefficient (Wildman–Crippen LogP) is 2.06. The Kier molecular flexibility index (Phi) is 2.76. The molecular formula is C9H10F2O. The minimum absolute atomic E-state index is 0.108. The molecule has 0 saturated carbocycles. The fraction of sp³-hybridized carbons (Fsp3) is 0.333. The van der Waals surface area contributed by atoms with Crippen LogP contribution in [0.1, 0.15) is 18.4 Å². The van der Waals surface area contributed by atoms with Gasteiger partial charge in [0.15, 0.2) is 0 Å². The van der Waals surface area contributed by atoms with Crippen LogP contribution in [0.3, 0.4) is 0 Å². The van der Waals surface area contributed by atoms with E-state index < -0.39 is 11.6 Å². The molecule has 0 aliphatic heterocycles. The highest BCUT2D eigenvalue weighted by atomic mass is 19.1. The standard InChI is InChI=1S/C9H10F2O/c1-6(5-12)7-2-8(10)4-9(11)3-7/h2-4,6,12H,5H2,1H3. The summed E-state index contributed by atoms with van der Waals surface area (Å²) in [5.41, 5.74) is 0.481. The smallest absolute Gasteiger partial charge is 0.126 e. The molecule has 0 aliphatic carbocycles. The minimum Gasteiger partial charge on any atom is -0.396 e. The predicted molar refractivity (Wildman–Crippen MR) is 41.9 cm³/mol. The molecule has 0 saturated heterocycles. The van der Waals surface area contributed by atoms with E-state index in [9.17, 15) is 8.78 Å². The zero-order chi connectivity index (χ0) is 9.14. The molecule has 0 aliphatic rings. The van der Waals surface area contributed by atoms with Crippen molar-refractivity contribution < 1.29 is 13.9 Å². The van der Waals surface area contributed by atoms with Crippen molar-refractivity contribution in [1.82, 2.24) is 0 Å². The number of rotatable bonds is 2. The van der Waals surface area contributed by atoms with Gasteiger partial charge in [0, 0.05) is 18.6 Å². The average molecular weight is 172 g/mol. The van der Waals surface area contributed by atoms with Crippen LogP contribution in [0.15, 0.2) is 18.2 Å². The van der Waals surface area contributed by atoms with Crippen LogP contribution in [0.2, 0.25) is 0 Å². The summed E-state index contributed by atoms with van der Waals surface area (Å²) in [7, 11) is 0. The molecule has 0 heterocycles. The summed E-state index contributed by atoms with van der Waals surface area (Å²) in [6.45, 7) is 1.59. The van der Waals surface area contributed by atoms with Crippen LogP contribution in [0, 0.1) is 11.6 Å². The molecule has 0 spiro atoms. The largest absolute Gasteiger partial charge is 0.396 e. The molecule has 1 nitrogen and oxygen atoms in total. The van der Waals surface area contributed by atoms with Crippen molar-refractivity contribution in [2.24, 2.45) is 0 Å². The van der Waals surface area contributed by atoms with Gasteiger partial charge in [0.1, 0.15) is 11.6 Å². The fourth-order valence-corrected chi connectivity index (χ4v) is 0.965. The lowest BCUT2D eigenvalue weighted by Gasteiger charge is -2.07. The van der Waals surface area contributed by atoms with Crippen molar-refractivity contribution in [2.45, 2.75) is 12.8 Å². The number of hydrogen-bond donors (Lipinski definition) is 1. The van der Waals surface area contributed by atoms with E-state index in [-0.39, 0.29) is 12.5 Å². The lowest BCUT2D eigenvalue weighted by Crippen LogP contribution is -1.99. The van der Waals surface area contributed by atoms with Crippen molar-refractivity contribution in [1.29, 1.82) is 0 Å². The van der Waals surface area contributed by atoms with Crippen LogP contribution in [0.4, 0.5) is 8.78 Å². The van der Waals surface area contributed by atoms with Gasteiger partial charge >= 0.3 is 0 Å². The van der Waals surface area contributed by atoms with Crippen molar-refractivity contribution in [3.63, 3.8) is 0 Å². The van der Waals surface area contributed by atoms with E-state index in [0.717, 1.165) is 6.07 Å². The second-order valence-electron chi connectivity index (χ2n) is 2.79. The SMILES string of the molecule is CC(CO)c1cc(F)cc(F)c1. The Balaban J connectivity index is 3.00. The number of aliphatic hydroxyl groups is 1. The van der Waals surface area contributed by atoms with E-state index in [2.05, 4.69) is 0 Å². The first-order valence-electron chi connectivity index (χ1n) is 3.70. The third kappa shape index (κ3) is 2.01. The molecular weight excluding hydrogens is 162 g/mol. The van der Waals surface area contributed by atoms with Crippen molar-refractivity contribution >= 4 is 0 Å². The maximum Gasteiger partial charge on any atom is 0.126 e. The Morgan fingerprint density at radius 3 is 2.17 bits per heavy atom. The van der Waals surface area contributed by atoms with Gasteiger partial charge in [-0.05, 0) is 17.7 Å². The molecule has 1 rings (SSSR count). The highest BCUT2D eigenvalue weighted by molar-refractivity contribution is 5.21. The van der Waals surface area contributed by atoms with Crippen molar-refractivity contribution in [3.05, 3.63) is 35.4 Å². The average Bonchev–Trinajstić information content (AvgIpc) is 2.01. The molecule has 0 fully saturated rings. The van der Waals surface area contributed by atoms with Crippen LogP contribution in [0.25, 0.3) is 0 Å². The molecule has 0 radical (unpaired) electrons. The minimum atomic E-state index is -0.606. The summed E-state index contributed by atoms with van der Waals surface area (Å²) < 4.78 is 25.2. The Morgan fingerprint density at radius 1 is 1.25 bits per heavy atom. The van der Waals surface area contributed by atoms with Crippen molar-refractivity contribution in [3.8, 4) is 0 Å². The van der Waals surface area contributed by atoms with Crippen LogP contribution in [-0.4, -0.2) is 11.7 Å². The van der Waals surface area contributed by atoms with Gasteiger partial charge in [-0.25, -0.2) is 8.78 Å². The zero-order valence-electron chi connectivity index (χ0n) is 6.72. The normalized spacial score (nSPS) is 13.0. The lowest BCUT2D eigenvalue weighted by molar-refractivity contribution is 0.272. The first kappa shape index (κ1) is 9.13. The van der Waals surface area contributed by atoms with E-state index >= 15 is 0 Å². The number of hydrogen-bond acceptors (Lipinski definition) is 1. The third-order valence-electron chi connectivity index (χ3n) is 1.73. The first-order chi connectivity index (χ1) is 5.63. The van der Waals surface area contributed by atoms with E-state index in [4.69, 9.17) is 5.11 Å². The van der Waals surface area contributed by atoms with Gasteiger partial charge in [-0.2, -0.15) is 0 Å². The van der Waals surface area contributed by atoms with Gasteiger partial charge in [0.05, 0.1) is 0 Å². The van der Waals surface area contributed by atoms with Gasteiger partial charge in [0.2, 0.25) is 0 Å². The summed E-state index contributed by atoms with van der Waals surface area (Å²) in [6, 6.07) is 3.27. The molecule has 12 heavy (non-hydrogen) atoms. The molecule has 0 bridgehead atoms. The molecule has 1 aromatic carbocycles. The van der Waals surface area contributed by atoms with E-state index in [1.807, 2.05) is 0 Å². The third-order valence-corrected chi connectivity index (χ3v) is 1.73. The summed E-state index contributed by atoms with van der Waals surface area (Å²) in [4.78, 5) is 0. The molecule has 1 N–H and O–H groups in total. The fourth-order valence-electron chi connectivity index (χ4n) is 0.965. The zero-order valence-corrected chi connectivity index (χ0v) is 6.72. The number of aliphatic hydroxyl groups excluding tert-OH is 1. The Labute approximate surface area is 69.7 Å². The maximum atomic E-state index is 12.6. The molecule has 0 aromatic heterocycles. The second kappa shape index (κ2) is 3.63. The molecule has 66 valence electrons. The Morgan fingerprint density at radius 2 is 1.75 bits per heavy atom. The van der Waals surface area contributed by atoms with Gasteiger partial charge in [-0.3, -0.25) is 0 Å². The molecule has 1 atom stereocenters. The van der Waals surface area contributed by atoms with E-state index in [0.29, 0.717) is 5.56 Å². The van der Waals surface area contributed by atoms with Crippen LogP contribution < -0.4 is 0 Å². The lowest BCUT2D eigenvalue weighted by atomic mass is 10.0. The summed E-state index contributed by atoms with van der Waals surface area (Å²) in [6.07, 6.45) is 0. The number of benzene rings is 1. The molecule has 1 aromatic rings. The summed E-state index contributed by atoms with van der Waals surface area (Å²) >= 11 is 0. The monoisotopic (exact) mass is 172 g/mol. The second-order valence-corrected chi connectivity index (χ2v) is 2.79. The van der Waals surface area contributed by atoms with Crippen LogP contribution in [-0.2, 0) is 0 Å². The first-order valence-corrected chi connectivity index (χ1v) is 3.70. The molecule has 0 amide bonds. The van der Waals surface area contributed by atoms with E-state index in [1.165, 1.54) is 12.1 Å². The summed E-state index contributed by atoms with van der Waals surface area (Å²) in [5.74, 6) is -1.44. The summed E-state index contributed by atoms with van der Waals surface area (Å²) in [5, 5.41) is 8.73. The van der Waals surface area contributed by atoms with Crippen LogP contribution in [0.5, 0.6) is 0 Å². The van der Waals surface area contributed by atoms with Gasteiger partial charge in [-0.1, -0.05) is 6.92 Å². The molecule has 1 unspecified atom stereocenters. The number of halogens is 2. The van der Waals surface area contributed by atoms with Crippen molar-refractivity contribution in [2.75, 3.05) is 6.61 Å². The quantitative estimate of drug-likeness (QED) is 0.723. The van der Waals surface area contributed by atoms with Gasteiger partial charge in [0.25, 0.3) is 0 Å². The topological polar surface area (TPSA) is 20.2 Å². The van der Waals surface area contributed by atoms with Crippen LogP contribution >= 0.6 is 0 Å². The molecule has 3 heteroatoms. The highest BCUT2D eigenvalue weighted by Gasteiger charge is 2.06. The van der Waals surface area contributed by atoms with Gasteiger partial charge in [-0.15, -0.1) is 0 Å². The maximum absolute atomic E-state index is 12.6. The Hall–Kier alpha value is -0.960. The van der Waals surface area contributed by atoms with E-state index in [1.54, 1.807) is 6.92 Å². The highest BCUT2D eigenvalue weighted by Crippen LogP contribution is 2.16.